The van der Waals surface area contributed by atoms with Gasteiger partial charge in [-0.1, -0.05) is 24.5 Å². The van der Waals surface area contributed by atoms with Gasteiger partial charge in [-0.05, 0) is 25.7 Å². The minimum atomic E-state index is -1.04. The largest absolute Gasteiger partial charge is 0.476 e. The van der Waals surface area contributed by atoms with E-state index < -0.39 is 5.97 Å². The Balaban J connectivity index is 1.60. The van der Waals surface area contributed by atoms with Crippen molar-refractivity contribution in [3.8, 4) is 0 Å². The Morgan fingerprint density at radius 3 is 2.89 bits per heavy atom. The molecule has 0 amide bonds. The molecule has 3 rings (SSSR count). The van der Waals surface area contributed by atoms with Crippen molar-refractivity contribution in [2.45, 2.75) is 63.2 Å². The fourth-order valence-corrected chi connectivity index (χ4v) is 3.28. The van der Waals surface area contributed by atoms with Crippen LogP contribution in [-0.2, 0) is 11.3 Å². The predicted octanol–water partition coefficient (Wildman–Crippen LogP) is 1.86. The van der Waals surface area contributed by atoms with Gasteiger partial charge in [-0.15, -0.1) is 5.10 Å². The van der Waals surface area contributed by atoms with Crippen LogP contribution in [0.5, 0.6) is 0 Å². The summed E-state index contributed by atoms with van der Waals surface area (Å²) in [6.07, 6.45) is 9.95. The maximum absolute atomic E-state index is 10.7. The third kappa shape index (κ3) is 2.63. The highest BCUT2D eigenvalue weighted by molar-refractivity contribution is 5.84. The Kier molecular flexibility index (Phi) is 3.26. The summed E-state index contributed by atoms with van der Waals surface area (Å²) in [5, 5.41) is 16.3. The molecule has 1 N–H and O–H groups in total. The van der Waals surface area contributed by atoms with Gasteiger partial charge in [-0.2, -0.15) is 0 Å². The van der Waals surface area contributed by atoms with Crippen LogP contribution in [0.3, 0.4) is 0 Å². The van der Waals surface area contributed by atoms with E-state index in [9.17, 15) is 4.79 Å². The van der Waals surface area contributed by atoms with Crippen LogP contribution in [0.2, 0.25) is 0 Å². The second-order valence-electron chi connectivity index (χ2n) is 5.65. The van der Waals surface area contributed by atoms with E-state index in [4.69, 9.17) is 9.84 Å². The first-order valence-corrected chi connectivity index (χ1v) is 6.98. The van der Waals surface area contributed by atoms with Crippen molar-refractivity contribution in [1.29, 1.82) is 0 Å². The normalized spacial score (nSPS) is 25.8. The van der Waals surface area contributed by atoms with Gasteiger partial charge < -0.3 is 9.84 Å². The average molecular weight is 265 g/mol. The fourth-order valence-electron chi connectivity index (χ4n) is 3.28. The first-order valence-electron chi connectivity index (χ1n) is 6.98. The summed E-state index contributed by atoms with van der Waals surface area (Å²) in [7, 11) is 0. The molecule has 1 aromatic heterocycles. The summed E-state index contributed by atoms with van der Waals surface area (Å²) in [6.45, 7) is 0.599. The molecule has 1 aliphatic carbocycles. The van der Waals surface area contributed by atoms with Gasteiger partial charge in [0.2, 0.25) is 0 Å². The highest BCUT2D eigenvalue weighted by Gasteiger charge is 2.40. The molecule has 2 heterocycles. The first kappa shape index (κ1) is 12.6. The standard InChI is InChI=1S/C13H19N3O3/c17-12(18)11-9-16(15-14-11)8-10-4-7-13(19-10)5-2-1-3-6-13/h9-10H,1-8H2,(H,17,18). The predicted molar refractivity (Wildman–Crippen MR) is 66.9 cm³/mol. The number of carbonyl (C=O) groups is 1. The minimum absolute atomic E-state index is 0.00891. The lowest BCUT2D eigenvalue weighted by Gasteiger charge is -2.33. The number of rotatable bonds is 3. The van der Waals surface area contributed by atoms with Gasteiger partial charge in [0, 0.05) is 0 Å². The summed E-state index contributed by atoms with van der Waals surface area (Å²) >= 11 is 0. The van der Waals surface area contributed by atoms with Crippen molar-refractivity contribution in [3.63, 3.8) is 0 Å². The van der Waals surface area contributed by atoms with Crippen molar-refractivity contribution in [3.05, 3.63) is 11.9 Å². The molecule has 1 unspecified atom stereocenters. The molecule has 2 fully saturated rings. The highest BCUT2D eigenvalue weighted by Crippen LogP contribution is 2.42. The van der Waals surface area contributed by atoms with E-state index in [1.165, 1.54) is 38.3 Å². The van der Waals surface area contributed by atoms with Gasteiger partial charge >= 0.3 is 5.97 Å². The zero-order valence-corrected chi connectivity index (χ0v) is 10.9. The summed E-state index contributed by atoms with van der Waals surface area (Å²) in [5.74, 6) is -1.04. The molecule has 1 aromatic rings. The van der Waals surface area contributed by atoms with Crippen LogP contribution in [0.25, 0.3) is 0 Å². The Labute approximate surface area is 111 Å². The zero-order valence-electron chi connectivity index (χ0n) is 10.9. The van der Waals surface area contributed by atoms with Gasteiger partial charge in [0.1, 0.15) is 0 Å². The summed E-state index contributed by atoms with van der Waals surface area (Å²) in [5.41, 5.74) is 0.0874. The van der Waals surface area contributed by atoms with E-state index in [1.807, 2.05) is 0 Å². The lowest BCUT2D eigenvalue weighted by molar-refractivity contribution is -0.0689. The monoisotopic (exact) mass is 265 g/mol. The van der Waals surface area contributed by atoms with E-state index in [0.29, 0.717) is 6.54 Å². The third-order valence-electron chi connectivity index (χ3n) is 4.25. The number of aromatic nitrogens is 3. The number of hydrogen-bond donors (Lipinski definition) is 1. The minimum Gasteiger partial charge on any atom is -0.476 e. The van der Waals surface area contributed by atoms with Crippen molar-refractivity contribution in [1.82, 2.24) is 15.0 Å². The molecule has 19 heavy (non-hydrogen) atoms. The number of aromatic carboxylic acids is 1. The molecule has 104 valence electrons. The zero-order chi connectivity index (χ0) is 13.3. The van der Waals surface area contributed by atoms with Crippen molar-refractivity contribution < 1.29 is 14.6 Å². The van der Waals surface area contributed by atoms with Crippen LogP contribution in [0.4, 0.5) is 0 Å². The van der Waals surface area contributed by atoms with E-state index in [2.05, 4.69) is 10.3 Å². The van der Waals surface area contributed by atoms with Crippen LogP contribution in [0, 0.1) is 0 Å². The number of ether oxygens (including phenoxy) is 1. The van der Waals surface area contributed by atoms with Gasteiger partial charge in [0.25, 0.3) is 0 Å². The van der Waals surface area contributed by atoms with Gasteiger partial charge in [0.05, 0.1) is 24.4 Å². The molecule has 6 heteroatoms. The maximum Gasteiger partial charge on any atom is 0.358 e. The van der Waals surface area contributed by atoms with Gasteiger partial charge in [-0.3, -0.25) is 0 Å². The highest BCUT2D eigenvalue weighted by atomic mass is 16.5. The molecular formula is C13H19N3O3. The quantitative estimate of drug-likeness (QED) is 0.902. The molecular weight excluding hydrogens is 246 g/mol. The smallest absolute Gasteiger partial charge is 0.358 e. The molecule has 2 aliphatic rings. The summed E-state index contributed by atoms with van der Waals surface area (Å²) < 4.78 is 7.81. The number of carboxylic acid groups (broad SMARTS) is 1. The summed E-state index contributed by atoms with van der Waals surface area (Å²) in [4.78, 5) is 10.7. The second-order valence-corrected chi connectivity index (χ2v) is 5.65. The average Bonchev–Trinajstić information content (AvgIpc) is 2.99. The SMILES string of the molecule is O=C(O)c1cn(CC2CCC3(CCCCC3)O2)nn1. The molecule has 1 saturated carbocycles. The van der Waals surface area contributed by atoms with Crippen LogP contribution in [-0.4, -0.2) is 37.8 Å². The Morgan fingerprint density at radius 2 is 2.21 bits per heavy atom. The Bertz CT molecular complexity index is 465. The van der Waals surface area contributed by atoms with Crippen molar-refractivity contribution in [2.75, 3.05) is 0 Å². The number of nitrogens with zero attached hydrogens (tertiary/aromatic N) is 3. The molecule has 0 bridgehead atoms. The van der Waals surface area contributed by atoms with Gasteiger partial charge in [0.15, 0.2) is 5.69 Å². The molecule has 1 spiro atoms. The van der Waals surface area contributed by atoms with E-state index >= 15 is 0 Å². The molecule has 0 aromatic carbocycles. The topological polar surface area (TPSA) is 77.2 Å². The Hall–Kier alpha value is -1.43. The van der Waals surface area contributed by atoms with Crippen LogP contribution in [0.15, 0.2) is 6.20 Å². The third-order valence-corrected chi connectivity index (χ3v) is 4.25. The number of hydrogen-bond acceptors (Lipinski definition) is 4. The molecule has 1 saturated heterocycles. The van der Waals surface area contributed by atoms with Crippen LogP contribution >= 0.6 is 0 Å². The Morgan fingerprint density at radius 1 is 1.42 bits per heavy atom. The number of carboxylic acids is 1. The van der Waals surface area contributed by atoms with E-state index in [-0.39, 0.29) is 17.4 Å². The molecule has 6 nitrogen and oxygen atoms in total. The van der Waals surface area contributed by atoms with Gasteiger partial charge in [-0.25, -0.2) is 9.48 Å². The molecule has 1 aliphatic heterocycles. The van der Waals surface area contributed by atoms with E-state index in [0.717, 1.165) is 12.8 Å². The van der Waals surface area contributed by atoms with Crippen molar-refractivity contribution in [2.24, 2.45) is 0 Å². The second kappa shape index (κ2) is 4.92. The van der Waals surface area contributed by atoms with Crippen LogP contribution in [0.1, 0.15) is 55.4 Å². The fraction of sp³-hybridized carbons (Fsp3) is 0.769. The maximum atomic E-state index is 10.7. The first-order chi connectivity index (χ1) is 9.17. The van der Waals surface area contributed by atoms with Crippen molar-refractivity contribution >= 4 is 5.97 Å². The lowest BCUT2D eigenvalue weighted by Crippen LogP contribution is -2.32. The lowest BCUT2D eigenvalue weighted by atomic mass is 9.83. The van der Waals surface area contributed by atoms with Crippen LogP contribution < -0.4 is 0 Å². The van der Waals surface area contributed by atoms with E-state index in [1.54, 1.807) is 4.68 Å². The summed E-state index contributed by atoms with van der Waals surface area (Å²) in [6, 6.07) is 0. The molecule has 0 radical (unpaired) electrons. The molecule has 1 atom stereocenters.